The number of rotatable bonds is 15. The van der Waals surface area contributed by atoms with Crippen LogP contribution in [0.1, 0.15) is 96.8 Å². The third-order valence-corrected chi connectivity index (χ3v) is 4.55. The van der Waals surface area contributed by atoms with Crippen molar-refractivity contribution in [3.63, 3.8) is 0 Å². The highest BCUT2D eigenvalue weighted by Gasteiger charge is 1.98. The molecule has 0 amide bonds. The molecular weight excluding hydrogens is 310 g/mol. The zero-order valence-electron chi connectivity index (χ0n) is 16.3. The van der Waals surface area contributed by atoms with Crippen molar-refractivity contribution < 1.29 is 14.5 Å². The van der Waals surface area contributed by atoms with Crippen LogP contribution in [0.4, 0.5) is 0 Å². The molecule has 0 aliphatic heterocycles. The summed E-state index contributed by atoms with van der Waals surface area (Å²) in [5.41, 5.74) is 0. The van der Waals surface area contributed by atoms with Crippen molar-refractivity contribution in [3.8, 4) is 0 Å². The number of carbonyl (C=O) groups excluding carboxylic acids is 1. The molecule has 25 heavy (non-hydrogen) atoms. The quantitative estimate of drug-likeness (QED) is 0.340. The van der Waals surface area contributed by atoms with Crippen LogP contribution < -0.4 is 9.67 Å². The number of nitrogens with zero attached hydrogens (tertiary/aromatic N) is 1. The lowest BCUT2D eigenvalue weighted by molar-refractivity contribution is -0.697. The molecule has 1 radical (unpaired) electrons. The first-order chi connectivity index (χ1) is 12.3. The Morgan fingerprint density at radius 2 is 1.04 bits per heavy atom. The summed E-state index contributed by atoms with van der Waals surface area (Å²) in [5, 5.41) is 8.12. The van der Waals surface area contributed by atoms with E-state index >= 15 is 0 Å². The zero-order valence-corrected chi connectivity index (χ0v) is 16.3. The second-order valence-corrected chi connectivity index (χ2v) is 6.79. The van der Waals surface area contributed by atoms with E-state index in [0.29, 0.717) is 0 Å². The highest BCUT2D eigenvalue weighted by molar-refractivity contribution is 5.30. The lowest BCUT2D eigenvalue weighted by Gasteiger charge is -2.02. The number of hydrogen-bond acceptors (Lipinski definition) is 2. The van der Waals surface area contributed by atoms with E-state index in [9.17, 15) is 0 Å². The van der Waals surface area contributed by atoms with E-state index in [1.165, 1.54) is 96.4 Å². The van der Waals surface area contributed by atoms with Gasteiger partial charge in [0.2, 0.25) is 0 Å². The van der Waals surface area contributed by atoms with Gasteiger partial charge >= 0.3 is 0 Å². The van der Waals surface area contributed by atoms with Gasteiger partial charge in [-0.25, -0.2) is 4.57 Å². The van der Waals surface area contributed by atoms with Gasteiger partial charge in [-0.05, 0) is 6.42 Å². The number of aromatic nitrogens is 1. The summed E-state index contributed by atoms with van der Waals surface area (Å²) >= 11 is 0. The largest absolute Gasteiger partial charge is 0.543 e. The SMILES string of the molecule is CCCCCCCCCCCCCCCC[n+]1ccccc1.O=[C][O-]. The molecule has 3 nitrogen and oxygen atoms in total. The van der Waals surface area contributed by atoms with Crippen LogP contribution in [0.2, 0.25) is 0 Å². The van der Waals surface area contributed by atoms with E-state index in [1.54, 1.807) is 0 Å². The minimum Gasteiger partial charge on any atom is -0.543 e. The predicted molar refractivity (Wildman–Crippen MR) is 103 cm³/mol. The Bertz CT molecular complexity index is 368. The van der Waals surface area contributed by atoms with E-state index in [4.69, 9.17) is 9.90 Å². The second kappa shape index (κ2) is 20.7. The molecule has 1 heterocycles. The van der Waals surface area contributed by atoms with Crippen molar-refractivity contribution in [1.82, 2.24) is 0 Å². The molecule has 3 heteroatoms. The highest BCUT2D eigenvalue weighted by Crippen LogP contribution is 2.12. The first kappa shape index (κ1) is 23.6. The lowest BCUT2D eigenvalue weighted by Crippen LogP contribution is -2.32. The van der Waals surface area contributed by atoms with Gasteiger partial charge in [0.15, 0.2) is 12.4 Å². The molecule has 1 aromatic heterocycles. The molecule has 0 bridgehead atoms. The maximum absolute atomic E-state index is 8.12. The van der Waals surface area contributed by atoms with Crippen molar-refractivity contribution in [2.75, 3.05) is 0 Å². The van der Waals surface area contributed by atoms with Crippen molar-refractivity contribution >= 4 is 6.47 Å². The van der Waals surface area contributed by atoms with Crippen LogP contribution in [-0.2, 0) is 11.3 Å². The summed E-state index contributed by atoms with van der Waals surface area (Å²) in [5.74, 6) is 0. The topological polar surface area (TPSA) is 44.0 Å². The molecule has 0 atom stereocenters. The molecule has 0 fully saturated rings. The fraction of sp³-hybridized carbons (Fsp3) is 0.727. The molecule has 0 spiro atoms. The fourth-order valence-corrected chi connectivity index (χ4v) is 3.07. The Labute approximate surface area is 155 Å². The predicted octanol–water partition coefficient (Wildman–Crippen LogP) is 4.73. The Morgan fingerprint density at radius 1 is 0.680 bits per heavy atom. The van der Waals surface area contributed by atoms with Gasteiger partial charge in [0.1, 0.15) is 6.54 Å². The fourth-order valence-electron chi connectivity index (χ4n) is 3.07. The minimum absolute atomic E-state index is 0.250. The van der Waals surface area contributed by atoms with Crippen LogP contribution in [0.5, 0.6) is 0 Å². The second-order valence-electron chi connectivity index (χ2n) is 6.79. The number of unbranched alkanes of at least 4 members (excludes halogenated alkanes) is 13. The van der Waals surface area contributed by atoms with Gasteiger partial charge in [0.25, 0.3) is 0 Å². The first-order valence-corrected chi connectivity index (χ1v) is 10.3. The summed E-state index contributed by atoms with van der Waals surface area (Å²) < 4.78 is 2.29. The van der Waals surface area contributed by atoms with E-state index in [1.807, 2.05) is 0 Å². The smallest absolute Gasteiger partial charge is 0.168 e. The third-order valence-electron chi connectivity index (χ3n) is 4.55. The summed E-state index contributed by atoms with van der Waals surface area (Å²) in [6.45, 7) is 3.72. The van der Waals surface area contributed by atoms with E-state index < -0.39 is 0 Å². The van der Waals surface area contributed by atoms with Crippen molar-refractivity contribution in [1.29, 1.82) is 0 Å². The van der Waals surface area contributed by atoms with Gasteiger partial charge in [0.05, 0.1) is 6.47 Å². The van der Waals surface area contributed by atoms with Crippen LogP contribution in [0.3, 0.4) is 0 Å². The van der Waals surface area contributed by atoms with Gasteiger partial charge in [-0.1, -0.05) is 90.0 Å². The van der Waals surface area contributed by atoms with E-state index in [2.05, 4.69) is 42.1 Å². The average molecular weight is 349 g/mol. The monoisotopic (exact) mass is 348 g/mol. The number of hydrogen-bond donors (Lipinski definition) is 0. The molecule has 0 aromatic carbocycles. The number of aryl methyl sites for hydroxylation is 1. The minimum atomic E-state index is 0.250. The third kappa shape index (κ3) is 18.8. The van der Waals surface area contributed by atoms with Crippen LogP contribution in [0.25, 0.3) is 0 Å². The standard InChI is InChI=1S/C21H38N.CO2/c1-2-3-4-5-6-7-8-9-10-11-12-13-14-16-19-22-20-17-15-18-21-22;2-1-3/h15,17-18,20-21H,2-14,16,19H2,1H3;/q+1;-1. The Hall–Kier alpha value is -1.38. The van der Waals surface area contributed by atoms with Crippen LogP contribution in [-0.4, -0.2) is 6.47 Å². The maximum atomic E-state index is 8.12. The summed E-state index contributed by atoms with van der Waals surface area (Å²) in [4.78, 5) is 8.12. The Kier molecular flexibility index (Phi) is 19.5. The molecule has 143 valence electrons. The molecule has 0 aliphatic rings. The molecular formula is C22H38NO2. The molecule has 1 aromatic rings. The summed E-state index contributed by atoms with van der Waals surface area (Å²) in [6.07, 6.45) is 24.4. The zero-order chi connectivity index (χ0) is 18.4. The lowest BCUT2D eigenvalue weighted by atomic mass is 10.0. The number of pyridine rings is 1. The maximum Gasteiger partial charge on any atom is 0.168 e. The molecule has 0 aliphatic carbocycles. The molecule has 0 N–H and O–H groups in total. The van der Waals surface area contributed by atoms with Crippen LogP contribution >= 0.6 is 0 Å². The van der Waals surface area contributed by atoms with Gasteiger partial charge < -0.3 is 9.90 Å². The summed E-state index contributed by atoms with van der Waals surface area (Å²) in [6, 6.07) is 6.31. The molecule has 1 rings (SSSR count). The first-order valence-electron chi connectivity index (χ1n) is 10.3. The van der Waals surface area contributed by atoms with Crippen LogP contribution in [0, 0.1) is 0 Å². The van der Waals surface area contributed by atoms with Crippen LogP contribution in [0.15, 0.2) is 30.6 Å². The summed E-state index contributed by atoms with van der Waals surface area (Å²) in [7, 11) is 0. The van der Waals surface area contributed by atoms with Gasteiger partial charge in [0, 0.05) is 18.6 Å². The van der Waals surface area contributed by atoms with Gasteiger partial charge in [-0.2, -0.15) is 0 Å². The van der Waals surface area contributed by atoms with Crippen molar-refractivity contribution in [3.05, 3.63) is 30.6 Å². The van der Waals surface area contributed by atoms with Gasteiger partial charge in [-0.15, -0.1) is 0 Å². The highest BCUT2D eigenvalue weighted by atomic mass is 16.3. The molecule has 0 saturated carbocycles. The Morgan fingerprint density at radius 3 is 1.44 bits per heavy atom. The Balaban J connectivity index is 0.00000178. The average Bonchev–Trinajstić information content (AvgIpc) is 2.63. The van der Waals surface area contributed by atoms with Crippen molar-refractivity contribution in [2.24, 2.45) is 0 Å². The van der Waals surface area contributed by atoms with E-state index in [0.717, 1.165) is 0 Å². The van der Waals surface area contributed by atoms with Gasteiger partial charge in [-0.3, -0.25) is 0 Å². The normalized spacial score (nSPS) is 10.1. The van der Waals surface area contributed by atoms with E-state index in [-0.39, 0.29) is 6.47 Å². The molecule has 0 unspecified atom stereocenters. The molecule has 0 saturated heterocycles. The van der Waals surface area contributed by atoms with Crippen molar-refractivity contribution in [2.45, 2.75) is 103 Å².